The van der Waals surface area contributed by atoms with Gasteiger partial charge in [-0.3, -0.25) is 9.78 Å². The highest BCUT2D eigenvalue weighted by Gasteiger charge is 2.38. The minimum atomic E-state index is -5.08. The van der Waals surface area contributed by atoms with Crippen molar-refractivity contribution in [3.05, 3.63) is 54.1 Å². The Morgan fingerprint density at radius 1 is 1.27 bits per heavy atom. The standard InChI is InChI=1S/C17H21N3O3.C2HF3O2/c1-22-13-17(21)20-9-15-5-3-7-19(15)10-16(11-20)23-12-14-4-2-6-18-8-14;3-2(4,5)1(6)7/h2-8,16H,9-13H2,1H3;(H,6,7). The number of aliphatic carboxylic acids is 1. The van der Waals surface area contributed by atoms with Crippen LogP contribution in [0.25, 0.3) is 0 Å². The molecule has 1 amide bonds. The Balaban J connectivity index is 0.000000396. The minimum Gasteiger partial charge on any atom is -0.475 e. The maximum absolute atomic E-state index is 12.2. The summed E-state index contributed by atoms with van der Waals surface area (Å²) in [6.45, 7) is 2.46. The van der Waals surface area contributed by atoms with Gasteiger partial charge in [-0.05, 0) is 23.8 Å². The SMILES string of the molecule is COCC(=O)N1Cc2cccn2CC(OCc2cccnc2)C1.O=C(O)C(F)(F)F. The maximum atomic E-state index is 12.2. The van der Waals surface area contributed by atoms with Crippen molar-refractivity contribution < 1.29 is 37.3 Å². The molecule has 0 saturated carbocycles. The van der Waals surface area contributed by atoms with E-state index in [9.17, 15) is 18.0 Å². The molecule has 3 heterocycles. The normalized spacial score (nSPS) is 16.1. The number of fused-ring (bicyclic) bond motifs is 1. The average Bonchev–Trinajstić information content (AvgIpc) is 3.05. The molecular weight excluding hydrogens is 407 g/mol. The van der Waals surface area contributed by atoms with Crippen LogP contribution in [-0.4, -0.2) is 64.0 Å². The number of hydrogen-bond acceptors (Lipinski definition) is 5. The van der Waals surface area contributed by atoms with Crippen molar-refractivity contribution in [2.45, 2.75) is 32.0 Å². The second-order valence-corrected chi connectivity index (χ2v) is 6.46. The van der Waals surface area contributed by atoms with Crippen LogP contribution in [0, 0.1) is 0 Å². The predicted molar refractivity (Wildman–Crippen MR) is 98.2 cm³/mol. The molecule has 0 bridgehead atoms. The summed E-state index contributed by atoms with van der Waals surface area (Å²) in [6.07, 6.45) is 0.419. The summed E-state index contributed by atoms with van der Waals surface area (Å²) in [4.78, 5) is 27.0. The number of pyridine rings is 1. The Kier molecular flexibility index (Phi) is 8.36. The second kappa shape index (κ2) is 10.7. The number of amides is 1. The molecule has 0 saturated heterocycles. The summed E-state index contributed by atoms with van der Waals surface area (Å²) in [5.74, 6) is -2.77. The highest BCUT2D eigenvalue weighted by Crippen LogP contribution is 2.17. The molecule has 0 aromatic carbocycles. The van der Waals surface area contributed by atoms with Crippen LogP contribution in [0.2, 0.25) is 0 Å². The van der Waals surface area contributed by atoms with Gasteiger partial charge in [0.15, 0.2) is 0 Å². The molecule has 1 atom stereocenters. The van der Waals surface area contributed by atoms with Crippen LogP contribution in [0.1, 0.15) is 11.3 Å². The summed E-state index contributed by atoms with van der Waals surface area (Å²) in [5, 5.41) is 7.12. The lowest BCUT2D eigenvalue weighted by molar-refractivity contribution is -0.192. The number of nitrogens with zero attached hydrogens (tertiary/aromatic N) is 3. The molecule has 0 radical (unpaired) electrons. The number of aromatic nitrogens is 2. The minimum absolute atomic E-state index is 0.0165. The number of alkyl halides is 3. The topological polar surface area (TPSA) is 93.9 Å². The van der Waals surface area contributed by atoms with Gasteiger partial charge in [0.25, 0.3) is 0 Å². The van der Waals surface area contributed by atoms with Gasteiger partial charge < -0.3 is 24.0 Å². The Bertz CT molecular complexity index is 826. The van der Waals surface area contributed by atoms with E-state index in [-0.39, 0.29) is 18.6 Å². The molecule has 8 nitrogen and oxygen atoms in total. The summed E-state index contributed by atoms with van der Waals surface area (Å²) in [5.41, 5.74) is 2.14. The van der Waals surface area contributed by atoms with Gasteiger partial charge in [0.05, 0.1) is 25.8 Å². The molecule has 1 unspecified atom stereocenters. The number of halogens is 3. The van der Waals surface area contributed by atoms with E-state index in [2.05, 4.69) is 9.55 Å². The van der Waals surface area contributed by atoms with Crippen LogP contribution in [-0.2, 0) is 38.8 Å². The summed E-state index contributed by atoms with van der Waals surface area (Å²) in [6, 6.07) is 7.91. The van der Waals surface area contributed by atoms with Gasteiger partial charge in [-0.1, -0.05) is 6.07 Å². The number of carbonyl (C=O) groups is 2. The molecule has 1 N–H and O–H groups in total. The quantitative estimate of drug-likeness (QED) is 0.782. The Morgan fingerprint density at radius 3 is 2.60 bits per heavy atom. The smallest absolute Gasteiger partial charge is 0.475 e. The predicted octanol–water partition coefficient (Wildman–Crippen LogP) is 2.09. The van der Waals surface area contributed by atoms with Gasteiger partial charge in [0, 0.05) is 37.9 Å². The van der Waals surface area contributed by atoms with Gasteiger partial charge in [-0.2, -0.15) is 13.2 Å². The molecule has 164 valence electrons. The first-order valence-corrected chi connectivity index (χ1v) is 8.92. The molecule has 30 heavy (non-hydrogen) atoms. The summed E-state index contributed by atoms with van der Waals surface area (Å²) in [7, 11) is 1.54. The number of carboxylic acids is 1. The zero-order chi connectivity index (χ0) is 22.1. The first-order valence-electron chi connectivity index (χ1n) is 8.92. The largest absolute Gasteiger partial charge is 0.490 e. The van der Waals surface area contributed by atoms with Crippen LogP contribution >= 0.6 is 0 Å². The number of carboxylic acid groups (broad SMARTS) is 1. The molecule has 3 rings (SSSR count). The molecule has 2 aromatic rings. The van der Waals surface area contributed by atoms with Crippen LogP contribution in [0.15, 0.2) is 42.9 Å². The summed E-state index contributed by atoms with van der Waals surface area (Å²) >= 11 is 0. The second-order valence-electron chi connectivity index (χ2n) is 6.46. The highest BCUT2D eigenvalue weighted by molar-refractivity contribution is 5.77. The fraction of sp³-hybridized carbons (Fsp3) is 0.421. The van der Waals surface area contributed by atoms with Crippen molar-refractivity contribution in [1.82, 2.24) is 14.5 Å². The number of carbonyl (C=O) groups excluding carboxylic acids is 1. The average molecular weight is 429 g/mol. The highest BCUT2D eigenvalue weighted by atomic mass is 19.4. The van der Waals surface area contributed by atoms with E-state index >= 15 is 0 Å². The molecule has 1 aliphatic heterocycles. The maximum Gasteiger partial charge on any atom is 0.490 e. The Morgan fingerprint density at radius 2 is 2.00 bits per heavy atom. The van der Waals surface area contributed by atoms with Gasteiger partial charge >= 0.3 is 12.1 Å². The molecular formula is C19H22F3N3O5. The van der Waals surface area contributed by atoms with Crippen LogP contribution in [0.5, 0.6) is 0 Å². The van der Waals surface area contributed by atoms with Crippen molar-refractivity contribution in [2.24, 2.45) is 0 Å². The third-order valence-corrected chi connectivity index (χ3v) is 4.17. The number of methoxy groups -OCH3 is 1. The number of hydrogen-bond donors (Lipinski definition) is 1. The zero-order valence-electron chi connectivity index (χ0n) is 16.2. The van der Waals surface area contributed by atoms with E-state index < -0.39 is 12.1 Å². The lowest BCUT2D eigenvalue weighted by Gasteiger charge is -2.24. The van der Waals surface area contributed by atoms with Crippen LogP contribution in [0.4, 0.5) is 13.2 Å². The third-order valence-electron chi connectivity index (χ3n) is 4.17. The van der Waals surface area contributed by atoms with E-state index in [0.717, 1.165) is 17.8 Å². The van der Waals surface area contributed by atoms with Gasteiger partial charge in [-0.15, -0.1) is 0 Å². The van der Waals surface area contributed by atoms with Crippen LogP contribution < -0.4 is 0 Å². The monoisotopic (exact) mass is 429 g/mol. The lowest BCUT2D eigenvalue weighted by atomic mass is 10.3. The van der Waals surface area contributed by atoms with Gasteiger partial charge in [0.2, 0.25) is 5.91 Å². The van der Waals surface area contributed by atoms with E-state index in [4.69, 9.17) is 19.4 Å². The third kappa shape index (κ3) is 7.16. The molecule has 0 aliphatic carbocycles. The fourth-order valence-corrected chi connectivity index (χ4v) is 2.76. The van der Waals surface area contributed by atoms with E-state index in [1.54, 1.807) is 17.3 Å². The van der Waals surface area contributed by atoms with Crippen molar-refractivity contribution in [3.63, 3.8) is 0 Å². The van der Waals surface area contributed by atoms with Crippen LogP contribution in [0.3, 0.4) is 0 Å². The van der Waals surface area contributed by atoms with E-state index in [1.165, 1.54) is 7.11 Å². The molecule has 11 heteroatoms. The molecule has 0 spiro atoms. The van der Waals surface area contributed by atoms with Crippen molar-refractivity contribution in [1.29, 1.82) is 0 Å². The van der Waals surface area contributed by atoms with Gasteiger partial charge in [-0.25, -0.2) is 4.79 Å². The lowest BCUT2D eigenvalue weighted by Crippen LogP contribution is -2.39. The van der Waals surface area contributed by atoms with Gasteiger partial charge in [0.1, 0.15) is 6.61 Å². The first kappa shape index (κ1) is 23.4. The first-order chi connectivity index (χ1) is 14.2. The van der Waals surface area contributed by atoms with E-state index in [1.807, 2.05) is 30.5 Å². The fourth-order valence-electron chi connectivity index (χ4n) is 2.76. The number of ether oxygens (including phenoxy) is 2. The van der Waals surface area contributed by atoms with Crippen molar-refractivity contribution >= 4 is 11.9 Å². The molecule has 1 aliphatic rings. The summed E-state index contributed by atoms with van der Waals surface area (Å²) < 4.78 is 44.9. The molecule has 2 aromatic heterocycles. The Labute approximate surface area is 170 Å². The van der Waals surface area contributed by atoms with E-state index in [0.29, 0.717) is 19.7 Å². The van der Waals surface area contributed by atoms with Crippen molar-refractivity contribution in [3.8, 4) is 0 Å². The zero-order valence-corrected chi connectivity index (χ0v) is 16.2. The Hall–Kier alpha value is -2.92. The molecule has 0 fully saturated rings. The van der Waals surface area contributed by atoms with Crippen molar-refractivity contribution in [2.75, 3.05) is 20.3 Å². The number of rotatable bonds is 5.